The molecule has 0 unspecified atom stereocenters. The molecule has 1 fully saturated rings. The van der Waals surface area contributed by atoms with Crippen molar-refractivity contribution in [3.8, 4) is 0 Å². The van der Waals surface area contributed by atoms with E-state index in [-0.39, 0.29) is 16.7 Å². The van der Waals surface area contributed by atoms with Gasteiger partial charge < -0.3 is 15.0 Å². The van der Waals surface area contributed by atoms with E-state index < -0.39 is 10.0 Å². The van der Waals surface area contributed by atoms with Gasteiger partial charge in [-0.1, -0.05) is 44.2 Å². The molecule has 0 radical (unpaired) electrons. The Balaban J connectivity index is 1.40. The molecule has 41 heavy (non-hydrogen) atoms. The van der Waals surface area contributed by atoms with E-state index >= 15 is 0 Å². The van der Waals surface area contributed by atoms with Gasteiger partial charge in [0.25, 0.3) is 11.8 Å². The van der Waals surface area contributed by atoms with Gasteiger partial charge in [0.05, 0.1) is 23.7 Å². The van der Waals surface area contributed by atoms with E-state index in [0.717, 1.165) is 30.0 Å². The van der Waals surface area contributed by atoms with Crippen LogP contribution in [0.2, 0.25) is 0 Å². The average molecular weight is 597 g/mol. The maximum absolute atomic E-state index is 13.8. The normalized spacial score (nSPS) is 16.0. The third kappa shape index (κ3) is 6.39. The lowest BCUT2D eigenvalue weighted by molar-refractivity contribution is 0.0302. The number of morpholine rings is 1. The molecule has 0 bridgehead atoms. The Hall–Kier alpha value is -3.09. The number of sulfonamides is 1. The lowest BCUT2D eigenvalue weighted by Crippen LogP contribution is -2.41. The molecular formula is C30H36N4O5S2. The third-order valence-corrected chi connectivity index (χ3v) is 10.8. The van der Waals surface area contributed by atoms with Crippen molar-refractivity contribution in [1.29, 1.82) is 0 Å². The summed E-state index contributed by atoms with van der Waals surface area (Å²) < 4.78 is 32.6. The molecule has 0 atom stereocenters. The second-order valence-electron chi connectivity index (χ2n) is 10.1. The predicted octanol–water partition coefficient (Wildman–Crippen LogP) is 4.06. The summed E-state index contributed by atoms with van der Waals surface area (Å²) in [5.41, 5.74) is 3.13. The summed E-state index contributed by atoms with van der Waals surface area (Å²) in [5.74, 6) is -0.467. The number of rotatable bonds is 9. The van der Waals surface area contributed by atoms with Crippen LogP contribution in [0.4, 0.5) is 5.00 Å². The molecule has 2 aliphatic rings. The fourth-order valence-electron chi connectivity index (χ4n) is 5.34. The molecule has 0 aliphatic carbocycles. The average Bonchev–Trinajstić information content (AvgIpc) is 3.35. The van der Waals surface area contributed by atoms with Crippen LogP contribution in [0.25, 0.3) is 0 Å². The molecule has 0 saturated carbocycles. The van der Waals surface area contributed by atoms with E-state index in [1.807, 2.05) is 18.2 Å². The molecule has 218 valence electrons. The van der Waals surface area contributed by atoms with Gasteiger partial charge in [-0.2, -0.15) is 4.31 Å². The Labute approximate surface area is 245 Å². The number of fused-ring (bicyclic) bond motifs is 1. The Morgan fingerprint density at radius 2 is 1.66 bits per heavy atom. The molecular weight excluding hydrogens is 560 g/mol. The smallest absolute Gasteiger partial charge is 0.257 e. The fraction of sp³-hybridized carbons (Fsp3) is 0.400. The second-order valence-corrected chi connectivity index (χ2v) is 13.2. The summed E-state index contributed by atoms with van der Waals surface area (Å²) in [6.07, 6.45) is 0.720. The Morgan fingerprint density at radius 3 is 2.32 bits per heavy atom. The number of carbonyl (C=O) groups excluding carboxylic acids is 2. The number of nitrogens with one attached hydrogen (secondary N) is 1. The van der Waals surface area contributed by atoms with Crippen LogP contribution in [0.15, 0.2) is 59.5 Å². The summed E-state index contributed by atoms with van der Waals surface area (Å²) in [6.45, 7) is 8.67. The second kappa shape index (κ2) is 12.8. The molecule has 2 amide bonds. The number of hydrogen-bond donors (Lipinski definition) is 1. The van der Waals surface area contributed by atoms with Crippen LogP contribution in [-0.2, 0) is 34.3 Å². The molecule has 1 saturated heterocycles. The van der Waals surface area contributed by atoms with Gasteiger partial charge in [-0.3, -0.25) is 14.5 Å². The van der Waals surface area contributed by atoms with Gasteiger partial charge >= 0.3 is 0 Å². The van der Waals surface area contributed by atoms with Gasteiger partial charge in [-0.15, -0.1) is 11.3 Å². The van der Waals surface area contributed by atoms with Gasteiger partial charge in [-0.25, -0.2) is 8.42 Å². The van der Waals surface area contributed by atoms with Crippen LogP contribution in [-0.4, -0.2) is 80.3 Å². The molecule has 3 heterocycles. The number of ether oxygens (including phenoxy) is 1. The van der Waals surface area contributed by atoms with Crippen LogP contribution < -0.4 is 5.32 Å². The first kappa shape index (κ1) is 29.4. The molecule has 5 rings (SSSR count). The summed E-state index contributed by atoms with van der Waals surface area (Å²) in [7, 11) is -3.62. The highest BCUT2D eigenvalue weighted by Gasteiger charge is 2.32. The molecule has 9 nitrogen and oxygen atoms in total. The van der Waals surface area contributed by atoms with Crippen molar-refractivity contribution in [3.63, 3.8) is 0 Å². The van der Waals surface area contributed by atoms with Crippen LogP contribution in [0.3, 0.4) is 0 Å². The highest BCUT2D eigenvalue weighted by atomic mass is 32.2. The Morgan fingerprint density at radius 1 is 0.976 bits per heavy atom. The van der Waals surface area contributed by atoms with E-state index in [1.54, 1.807) is 18.7 Å². The van der Waals surface area contributed by atoms with Gasteiger partial charge in [0.15, 0.2) is 0 Å². The molecule has 11 heteroatoms. The maximum Gasteiger partial charge on any atom is 0.257 e. The van der Waals surface area contributed by atoms with Gasteiger partial charge in [0.1, 0.15) is 5.00 Å². The molecule has 2 aromatic carbocycles. The summed E-state index contributed by atoms with van der Waals surface area (Å²) in [4.78, 5) is 32.5. The number of hydrogen-bond acceptors (Lipinski definition) is 7. The largest absolute Gasteiger partial charge is 0.378 e. The first-order valence-corrected chi connectivity index (χ1v) is 16.3. The Kier molecular flexibility index (Phi) is 9.20. The third-order valence-electron chi connectivity index (χ3n) is 7.58. The summed E-state index contributed by atoms with van der Waals surface area (Å²) in [6, 6.07) is 16.3. The number of anilines is 1. The minimum Gasteiger partial charge on any atom is -0.378 e. The summed E-state index contributed by atoms with van der Waals surface area (Å²) in [5, 5.41) is 3.53. The molecule has 1 aromatic heterocycles. The van der Waals surface area contributed by atoms with E-state index in [1.165, 1.54) is 45.5 Å². The van der Waals surface area contributed by atoms with Crippen LogP contribution >= 0.6 is 11.3 Å². The summed E-state index contributed by atoms with van der Waals surface area (Å²) >= 11 is 1.45. The Bertz CT molecular complexity index is 1480. The van der Waals surface area contributed by atoms with Gasteiger partial charge in [-0.05, 0) is 41.8 Å². The van der Waals surface area contributed by atoms with E-state index in [0.29, 0.717) is 62.1 Å². The predicted molar refractivity (Wildman–Crippen MR) is 160 cm³/mol. The standard InChI is InChI=1S/C30H36N4O5S2/c1-3-34(4-2)41(37,38)24-12-10-23(11-13-24)28(35)31-29-27(30(36)33-16-18-39-19-17-33)25-14-15-32(21-26(25)40-29)20-22-8-6-5-7-9-22/h5-13H,3-4,14-21H2,1-2H3,(H,31,35). The van der Waals surface area contributed by atoms with Crippen LogP contribution in [0.1, 0.15) is 50.6 Å². The van der Waals surface area contributed by atoms with Crippen molar-refractivity contribution in [2.24, 2.45) is 0 Å². The molecule has 0 spiro atoms. The minimum atomic E-state index is -3.62. The minimum absolute atomic E-state index is 0.0849. The zero-order valence-electron chi connectivity index (χ0n) is 23.5. The lowest BCUT2D eigenvalue weighted by Gasteiger charge is -2.29. The zero-order chi connectivity index (χ0) is 29.0. The first-order valence-electron chi connectivity index (χ1n) is 14.0. The van der Waals surface area contributed by atoms with Crippen molar-refractivity contribution in [2.75, 3.05) is 51.3 Å². The topological polar surface area (TPSA) is 99.3 Å². The number of benzene rings is 2. The SMILES string of the molecule is CCN(CC)S(=O)(=O)c1ccc(C(=O)Nc2sc3c(c2C(=O)N2CCOCC2)CCN(Cc2ccccc2)C3)cc1. The zero-order valence-corrected chi connectivity index (χ0v) is 25.1. The number of thiophene rings is 1. The van der Waals surface area contributed by atoms with Crippen LogP contribution in [0, 0.1) is 0 Å². The van der Waals surface area contributed by atoms with Gasteiger partial charge in [0.2, 0.25) is 10.0 Å². The fourth-order valence-corrected chi connectivity index (χ4v) is 8.07. The highest BCUT2D eigenvalue weighted by molar-refractivity contribution is 7.89. The van der Waals surface area contributed by atoms with Crippen LogP contribution in [0.5, 0.6) is 0 Å². The number of carbonyl (C=O) groups is 2. The monoisotopic (exact) mass is 596 g/mol. The molecule has 1 N–H and O–H groups in total. The van der Waals surface area contributed by atoms with Crippen molar-refractivity contribution in [3.05, 3.63) is 81.7 Å². The van der Waals surface area contributed by atoms with Crippen molar-refractivity contribution < 1.29 is 22.7 Å². The maximum atomic E-state index is 13.8. The molecule has 2 aliphatic heterocycles. The number of amides is 2. The number of nitrogens with zero attached hydrogens (tertiary/aromatic N) is 3. The quantitative estimate of drug-likeness (QED) is 0.400. The highest BCUT2D eigenvalue weighted by Crippen LogP contribution is 2.38. The molecule has 3 aromatic rings. The van der Waals surface area contributed by atoms with E-state index in [4.69, 9.17) is 4.74 Å². The van der Waals surface area contributed by atoms with Crippen molar-refractivity contribution >= 4 is 38.2 Å². The lowest BCUT2D eigenvalue weighted by atomic mass is 10.0. The van der Waals surface area contributed by atoms with Crippen molar-refractivity contribution in [1.82, 2.24) is 14.1 Å². The van der Waals surface area contributed by atoms with E-state index in [2.05, 4.69) is 22.3 Å². The first-order chi connectivity index (χ1) is 19.8. The van der Waals surface area contributed by atoms with E-state index in [9.17, 15) is 18.0 Å². The van der Waals surface area contributed by atoms with Crippen molar-refractivity contribution in [2.45, 2.75) is 38.3 Å². The van der Waals surface area contributed by atoms with Gasteiger partial charge in [0, 0.05) is 56.3 Å².